The Morgan fingerprint density at radius 3 is 2.32 bits per heavy atom. The lowest BCUT2D eigenvalue weighted by Gasteiger charge is -2.03. The lowest BCUT2D eigenvalue weighted by atomic mass is 10.0. The van der Waals surface area contributed by atoms with E-state index in [9.17, 15) is 4.79 Å². The molecule has 0 saturated carbocycles. The molecule has 0 spiro atoms. The summed E-state index contributed by atoms with van der Waals surface area (Å²) < 4.78 is 5.09. The highest BCUT2D eigenvalue weighted by Gasteiger charge is 2.04. The van der Waals surface area contributed by atoms with Crippen molar-refractivity contribution in [2.75, 3.05) is 0 Å². The molecule has 2 aromatic carbocycles. The zero-order valence-corrected chi connectivity index (χ0v) is 11.8. The van der Waals surface area contributed by atoms with E-state index >= 15 is 0 Å². The van der Waals surface area contributed by atoms with Crippen molar-refractivity contribution in [1.82, 2.24) is 5.43 Å². The third-order valence-electron chi connectivity index (χ3n) is 3.16. The van der Waals surface area contributed by atoms with Crippen LogP contribution in [0.1, 0.15) is 16.1 Å². The van der Waals surface area contributed by atoms with Crippen LogP contribution >= 0.6 is 0 Å². The number of benzene rings is 2. The van der Waals surface area contributed by atoms with Gasteiger partial charge in [-0.3, -0.25) is 4.79 Å². The maximum atomic E-state index is 12.0. The molecule has 0 radical (unpaired) electrons. The van der Waals surface area contributed by atoms with Gasteiger partial charge in [-0.05, 0) is 35.4 Å². The van der Waals surface area contributed by atoms with Crippen LogP contribution in [0, 0.1) is 0 Å². The summed E-state index contributed by atoms with van der Waals surface area (Å²) in [6.07, 6.45) is 3.00. The zero-order chi connectivity index (χ0) is 15.2. The first-order chi connectivity index (χ1) is 10.8. The van der Waals surface area contributed by atoms with Crippen molar-refractivity contribution in [2.24, 2.45) is 5.10 Å². The van der Waals surface area contributed by atoms with Gasteiger partial charge in [0.2, 0.25) is 0 Å². The average Bonchev–Trinajstić information content (AvgIpc) is 3.09. The topological polar surface area (TPSA) is 54.6 Å². The first-order valence-electron chi connectivity index (χ1n) is 6.85. The second kappa shape index (κ2) is 6.54. The smallest absolute Gasteiger partial charge is 0.271 e. The largest absolute Gasteiger partial charge is 0.463 e. The molecule has 22 heavy (non-hydrogen) atoms. The number of carbonyl (C=O) groups is 1. The Bertz CT molecular complexity index is 761. The van der Waals surface area contributed by atoms with Gasteiger partial charge in [0, 0.05) is 5.56 Å². The Labute approximate surface area is 128 Å². The molecule has 1 heterocycles. The number of nitrogens with zero attached hydrogens (tertiary/aromatic N) is 1. The van der Waals surface area contributed by atoms with E-state index in [1.165, 1.54) is 6.21 Å². The van der Waals surface area contributed by atoms with Gasteiger partial charge in [0.15, 0.2) is 0 Å². The van der Waals surface area contributed by atoms with Gasteiger partial charge in [-0.2, -0.15) is 5.10 Å². The molecule has 0 atom stereocenters. The normalized spacial score (nSPS) is 10.7. The van der Waals surface area contributed by atoms with E-state index in [1.54, 1.807) is 30.5 Å². The van der Waals surface area contributed by atoms with E-state index in [0.717, 1.165) is 11.1 Å². The molecule has 1 aromatic heterocycles. The summed E-state index contributed by atoms with van der Waals surface area (Å²) in [6, 6.07) is 20.9. The lowest BCUT2D eigenvalue weighted by molar-refractivity contribution is 0.0955. The molecule has 1 amide bonds. The fourth-order valence-corrected chi connectivity index (χ4v) is 2.03. The average molecular weight is 290 g/mol. The van der Waals surface area contributed by atoms with Gasteiger partial charge in [0.25, 0.3) is 5.91 Å². The minimum absolute atomic E-state index is 0.262. The van der Waals surface area contributed by atoms with Crippen molar-refractivity contribution in [2.45, 2.75) is 0 Å². The second-order valence-electron chi connectivity index (χ2n) is 4.66. The molecular formula is C18H14N2O2. The van der Waals surface area contributed by atoms with Gasteiger partial charge in [-0.15, -0.1) is 0 Å². The molecule has 3 rings (SSSR count). The highest BCUT2D eigenvalue weighted by molar-refractivity contribution is 5.95. The van der Waals surface area contributed by atoms with Crippen LogP contribution in [0.15, 0.2) is 82.5 Å². The number of amides is 1. The van der Waals surface area contributed by atoms with Crippen molar-refractivity contribution < 1.29 is 9.21 Å². The van der Waals surface area contributed by atoms with Crippen molar-refractivity contribution in [3.63, 3.8) is 0 Å². The molecule has 0 bridgehead atoms. The Balaban J connectivity index is 1.66. The fourth-order valence-electron chi connectivity index (χ4n) is 2.03. The van der Waals surface area contributed by atoms with Crippen LogP contribution in [0.25, 0.3) is 11.1 Å². The third kappa shape index (κ3) is 3.30. The summed E-state index contributed by atoms with van der Waals surface area (Å²) in [6.45, 7) is 0. The van der Waals surface area contributed by atoms with Gasteiger partial charge in [-0.25, -0.2) is 5.43 Å². The van der Waals surface area contributed by atoms with Crippen LogP contribution in [-0.2, 0) is 0 Å². The van der Waals surface area contributed by atoms with Crippen LogP contribution in [0.2, 0.25) is 0 Å². The van der Waals surface area contributed by atoms with Gasteiger partial charge in [0.1, 0.15) is 5.76 Å². The van der Waals surface area contributed by atoms with Crippen molar-refractivity contribution in [3.8, 4) is 11.1 Å². The SMILES string of the molecule is O=C(N/N=C/c1ccco1)c1ccc(-c2ccccc2)cc1. The quantitative estimate of drug-likeness (QED) is 0.588. The summed E-state index contributed by atoms with van der Waals surface area (Å²) in [4.78, 5) is 12.0. The Morgan fingerprint density at radius 2 is 1.64 bits per heavy atom. The maximum absolute atomic E-state index is 12.0. The van der Waals surface area contributed by atoms with E-state index in [2.05, 4.69) is 10.5 Å². The van der Waals surface area contributed by atoms with Crippen LogP contribution in [-0.4, -0.2) is 12.1 Å². The van der Waals surface area contributed by atoms with E-state index in [4.69, 9.17) is 4.42 Å². The summed E-state index contributed by atoms with van der Waals surface area (Å²) in [5, 5.41) is 3.85. The lowest BCUT2D eigenvalue weighted by Crippen LogP contribution is -2.17. The monoisotopic (exact) mass is 290 g/mol. The Morgan fingerprint density at radius 1 is 0.909 bits per heavy atom. The molecule has 0 unspecified atom stereocenters. The number of hydrazone groups is 1. The van der Waals surface area contributed by atoms with Gasteiger partial charge >= 0.3 is 0 Å². The summed E-state index contributed by atoms with van der Waals surface area (Å²) >= 11 is 0. The van der Waals surface area contributed by atoms with E-state index < -0.39 is 0 Å². The predicted octanol–water partition coefficient (Wildman–Crippen LogP) is 3.71. The molecule has 4 nitrogen and oxygen atoms in total. The molecule has 0 aliphatic rings. The van der Waals surface area contributed by atoms with E-state index in [0.29, 0.717) is 11.3 Å². The number of nitrogens with one attached hydrogen (secondary N) is 1. The molecule has 4 heteroatoms. The summed E-state index contributed by atoms with van der Waals surface area (Å²) in [5.41, 5.74) is 5.20. The second-order valence-corrected chi connectivity index (χ2v) is 4.66. The zero-order valence-electron chi connectivity index (χ0n) is 11.8. The van der Waals surface area contributed by atoms with Gasteiger partial charge < -0.3 is 4.42 Å². The van der Waals surface area contributed by atoms with Crippen LogP contribution in [0.3, 0.4) is 0 Å². The molecule has 0 aliphatic heterocycles. The molecule has 3 aromatic rings. The molecule has 0 aliphatic carbocycles. The third-order valence-corrected chi connectivity index (χ3v) is 3.16. The highest BCUT2D eigenvalue weighted by Crippen LogP contribution is 2.19. The number of rotatable bonds is 4. The van der Waals surface area contributed by atoms with Gasteiger partial charge in [-0.1, -0.05) is 42.5 Å². The van der Waals surface area contributed by atoms with Crippen LogP contribution in [0.5, 0.6) is 0 Å². The molecule has 0 saturated heterocycles. The first-order valence-corrected chi connectivity index (χ1v) is 6.85. The summed E-state index contributed by atoms with van der Waals surface area (Å²) in [5.74, 6) is 0.321. The maximum Gasteiger partial charge on any atom is 0.271 e. The summed E-state index contributed by atoms with van der Waals surface area (Å²) in [7, 11) is 0. The molecule has 108 valence electrons. The molecule has 1 N–H and O–H groups in total. The van der Waals surface area contributed by atoms with E-state index in [1.807, 2.05) is 42.5 Å². The predicted molar refractivity (Wildman–Crippen MR) is 85.6 cm³/mol. The number of hydrogen-bond donors (Lipinski definition) is 1. The number of hydrogen-bond acceptors (Lipinski definition) is 3. The number of carbonyl (C=O) groups excluding carboxylic acids is 1. The Hall–Kier alpha value is -3.14. The Kier molecular flexibility index (Phi) is 4.11. The first kappa shape index (κ1) is 13.8. The van der Waals surface area contributed by atoms with Crippen molar-refractivity contribution in [1.29, 1.82) is 0 Å². The minimum Gasteiger partial charge on any atom is -0.463 e. The van der Waals surface area contributed by atoms with Crippen molar-refractivity contribution in [3.05, 3.63) is 84.3 Å². The van der Waals surface area contributed by atoms with Crippen LogP contribution in [0.4, 0.5) is 0 Å². The fraction of sp³-hybridized carbons (Fsp3) is 0. The van der Waals surface area contributed by atoms with E-state index in [-0.39, 0.29) is 5.91 Å². The van der Waals surface area contributed by atoms with Crippen LogP contribution < -0.4 is 5.43 Å². The standard InChI is InChI=1S/C18H14N2O2/c21-18(20-19-13-17-7-4-12-22-17)16-10-8-15(9-11-16)14-5-2-1-3-6-14/h1-13H,(H,20,21)/b19-13+. The molecule has 0 fully saturated rings. The van der Waals surface area contributed by atoms with Crippen molar-refractivity contribution >= 4 is 12.1 Å². The van der Waals surface area contributed by atoms with Gasteiger partial charge in [0.05, 0.1) is 12.5 Å². The minimum atomic E-state index is -0.262. The number of furan rings is 1. The molecular weight excluding hydrogens is 276 g/mol. The highest BCUT2D eigenvalue weighted by atomic mass is 16.3.